The van der Waals surface area contributed by atoms with Crippen molar-refractivity contribution in [3.05, 3.63) is 23.5 Å². The van der Waals surface area contributed by atoms with E-state index in [4.69, 9.17) is 11.6 Å². The Morgan fingerprint density at radius 1 is 1.47 bits per heavy atom. The first kappa shape index (κ1) is 14.2. The Bertz CT molecular complexity index is 615. The van der Waals surface area contributed by atoms with Crippen LogP contribution in [0.15, 0.2) is 23.4 Å². The molecule has 1 saturated heterocycles. The largest absolute Gasteiger partial charge is 0.353 e. The third kappa shape index (κ3) is 2.33. The van der Waals surface area contributed by atoms with Gasteiger partial charge in [-0.1, -0.05) is 11.6 Å². The Kier molecular flexibility index (Phi) is 3.55. The Balaban J connectivity index is 2.51. The minimum Gasteiger partial charge on any atom is -0.353 e. The van der Waals surface area contributed by atoms with Crippen LogP contribution in [0.2, 0.25) is 5.02 Å². The van der Waals surface area contributed by atoms with Crippen molar-refractivity contribution < 1.29 is 13.2 Å². The van der Waals surface area contributed by atoms with Gasteiger partial charge in [0.1, 0.15) is 10.4 Å². The third-order valence-corrected chi connectivity index (χ3v) is 5.62. The highest BCUT2D eigenvalue weighted by Gasteiger charge is 2.45. The molecule has 1 N–H and O–H groups in total. The second kappa shape index (κ2) is 4.73. The fourth-order valence-electron chi connectivity index (χ4n) is 1.97. The number of carbonyl (C=O) groups is 1. The van der Waals surface area contributed by atoms with E-state index in [2.05, 4.69) is 10.3 Å². The van der Waals surface area contributed by atoms with Gasteiger partial charge in [0.2, 0.25) is 15.9 Å². The van der Waals surface area contributed by atoms with Gasteiger partial charge in [-0.2, -0.15) is 4.31 Å². The van der Waals surface area contributed by atoms with E-state index >= 15 is 0 Å². The number of sulfonamides is 1. The molecule has 0 aliphatic carbocycles. The summed E-state index contributed by atoms with van der Waals surface area (Å²) in [7, 11) is -3.86. The number of carbonyl (C=O) groups excluding carboxylic acids is 1. The van der Waals surface area contributed by atoms with Gasteiger partial charge in [0.15, 0.2) is 0 Å². The molecule has 0 aromatic carbocycles. The maximum Gasteiger partial charge on any atom is 0.247 e. The van der Waals surface area contributed by atoms with Crippen molar-refractivity contribution in [3.63, 3.8) is 0 Å². The maximum absolute atomic E-state index is 12.6. The van der Waals surface area contributed by atoms with Gasteiger partial charge in [0.25, 0.3) is 0 Å². The van der Waals surface area contributed by atoms with Crippen LogP contribution in [0.5, 0.6) is 0 Å². The highest BCUT2D eigenvalue weighted by atomic mass is 35.5. The number of amides is 1. The lowest BCUT2D eigenvalue weighted by Gasteiger charge is -2.39. The van der Waals surface area contributed by atoms with E-state index in [0.29, 0.717) is 0 Å². The van der Waals surface area contributed by atoms with Crippen LogP contribution in [-0.4, -0.2) is 42.2 Å². The monoisotopic (exact) mass is 303 g/mol. The number of pyridine rings is 1. The molecular formula is C11H14ClN3O3S. The molecule has 2 rings (SSSR count). The molecule has 0 radical (unpaired) electrons. The Morgan fingerprint density at radius 2 is 2.16 bits per heavy atom. The first-order chi connectivity index (χ1) is 8.78. The number of hydrogen-bond donors (Lipinski definition) is 1. The molecule has 1 aliphatic rings. The zero-order valence-electron chi connectivity index (χ0n) is 10.6. The number of piperazine rings is 1. The van der Waals surface area contributed by atoms with Crippen molar-refractivity contribution in [3.8, 4) is 0 Å². The quantitative estimate of drug-likeness (QED) is 0.869. The Morgan fingerprint density at radius 3 is 2.79 bits per heavy atom. The summed E-state index contributed by atoms with van der Waals surface area (Å²) >= 11 is 5.91. The van der Waals surface area contributed by atoms with E-state index in [1.54, 1.807) is 13.8 Å². The molecule has 1 aliphatic heterocycles. The molecule has 0 saturated carbocycles. The predicted octanol–water partition coefficient (Wildman–Crippen LogP) is 0.634. The van der Waals surface area contributed by atoms with Crippen LogP contribution in [0, 0.1) is 0 Å². The highest BCUT2D eigenvalue weighted by Crippen LogP contribution is 2.29. The average Bonchev–Trinajstić information content (AvgIpc) is 2.32. The van der Waals surface area contributed by atoms with E-state index in [1.807, 2.05) is 0 Å². The van der Waals surface area contributed by atoms with Gasteiger partial charge in [0.05, 0.1) is 5.02 Å². The number of hydrogen-bond acceptors (Lipinski definition) is 4. The SMILES string of the molecule is CC1(C)C(=O)NCCN1S(=O)(=O)c1cnccc1Cl. The zero-order chi connectivity index (χ0) is 14.3. The molecule has 0 unspecified atom stereocenters. The van der Waals surface area contributed by atoms with Crippen LogP contribution < -0.4 is 5.32 Å². The van der Waals surface area contributed by atoms with Crippen LogP contribution in [0.25, 0.3) is 0 Å². The minimum atomic E-state index is -3.86. The predicted molar refractivity (Wildman–Crippen MR) is 70.2 cm³/mol. The van der Waals surface area contributed by atoms with Crippen molar-refractivity contribution >= 4 is 27.5 Å². The molecule has 0 spiro atoms. The minimum absolute atomic E-state index is 0.0839. The molecule has 1 amide bonds. The number of rotatable bonds is 2. The van der Waals surface area contributed by atoms with Crippen LogP contribution in [0.4, 0.5) is 0 Å². The summed E-state index contributed by atoms with van der Waals surface area (Å²) in [5, 5.41) is 2.74. The average molecular weight is 304 g/mol. The van der Waals surface area contributed by atoms with E-state index in [-0.39, 0.29) is 28.9 Å². The molecule has 8 heteroatoms. The lowest BCUT2D eigenvalue weighted by Crippen LogP contribution is -2.63. The van der Waals surface area contributed by atoms with Gasteiger partial charge in [-0.05, 0) is 19.9 Å². The van der Waals surface area contributed by atoms with Crippen molar-refractivity contribution in [1.29, 1.82) is 0 Å². The molecule has 2 heterocycles. The summed E-state index contributed by atoms with van der Waals surface area (Å²) in [6.07, 6.45) is 2.61. The first-order valence-electron chi connectivity index (χ1n) is 5.68. The van der Waals surface area contributed by atoms with E-state index in [0.717, 1.165) is 4.31 Å². The summed E-state index contributed by atoms with van der Waals surface area (Å²) in [5.41, 5.74) is -1.16. The molecule has 1 fully saturated rings. The molecule has 6 nitrogen and oxygen atoms in total. The maximum atomic E-state index is 12.6. The third-order valence-electron chi connectivity index (χ3n) is 3.08. The van der Waals surface area contributed by atoms with Crippen molar-refractivity contribution in [2.45, 2.75) is 24.3 Å². The van der Waals surface area contributed by atoms with Gasteiger partial charge in [0, 0.05) is 25.5 Å². The topological polar surface area (TPSA) is 79.4 Å². The van der Waals surface area contributed by atoms with Gasteiger partial charge >= 0.3 is 0 Å². The van der Waals surface area contributed by atoms with Crippen LogP contribution >= 0.6 is 11.6 Å². The lowest BCUT2D eigenvalue weighted by atomic mass is 10.0. The molecular weight excluding hydrogens is 290 g/mol. The molecule has 1 aromatic rings. The van der Waals surface area contributed by atoms with Gasteiger partial charge in [-0.25, -0.2) is 8.42 Å². The summed E-state index contributed by atoms with van der Waals surface area (Å²) in [5.74, 6) is -0.331. The summed E-state index contributed by atoms with van der Waals surface area (Å²) < 4.78 is 26.3. The smallest absolute Gasteiger partial charge is 0.247 e. The van der Waals surface area contributed by atoms with Crippen LogP contribution in [0.3, 0.4) is 0 Å². The highest BCUT2D eigenvalue weighted by molar-refractivity contribution is 7.89. The fraction of sp³-hybridized carbons (Fsp3) is 0.455. The van der Waals surface area contributed by atoms with Crippen molar-refractivity contribution in [2.24, 2.45) is 0 Å². The second-order valence-corrected chi connectivity index (χ2v) is 6.94. The summed E-state index contributed by atoms with van der Waals surface area (Å²) in [6, 6.07) is 1.41. The molecule has 19 heavy (non-hydrogen) atoms. The van der Waals surface area contributed by atoms with E-state index in [9.17, 15) is 13.2 Å². The van der Waals surface area contributed by atoms with Gasteiger partial charge in [-0.15, -0.1) is 0 Å². The van der Waals surface area contributed by atoms with Crippen LogP contribution in [-0.2, 0) is 14.8 Å². The fourth-order valence-corrected chi connectivity index (χ4v) is 4.13. The molecule has 104 valence electrons. The van der Waals surface area contributed by atoms with Crippen molar-refractivity contribution in [1.82, 2.24) is 14.6 Å². The lowest BCUT2D eigenvalue weighted by molar-refractivity contribution is -0.131. The number of nitrogens with one attached hydrogen (secondary N) is 1. The normalized spacial score (nSPS) is 20.1. The zero-order valence-corrected chi connectivity index (χ0v) is 12.1. The van der Waals surface area contributed by atoms with E-state index in [1.165, 1.54) is 18.5 Å². The number of nitrogens with zero attached hydrogens (tertiary/aromatic N) is 2. The standard InChI is InChI=1S/C11H14ClN3O3S/c1-11(2)10(16)14-5-6-15(11)19(17,18)9-7-13-4-3-8(9)12/h3-4,7H,5-6H2,1-2H3,(H,14,16). The molecule has 0 atom stereocenters. The van der Waals surface area contributed by atoms with Crippen LogP contribution in [0.1, 0.15) is 13.8 Å². The Labute approximate surface area is 116 Å². The van der Waals surface area contributed by atoms with Gasteiger partial charge < -0.3 is 5.32 Å². The first-order valence-corrected chi connectivity index (χ1v) is 7.50. The summed E-state index contributed by atoms with van der Waals surface area (Å²) in [4.78, 5) is 15.5. The Hall–Kier alpha value is -1.18. The number of halogens is 1. The number of aromatic nitrogens is 1. The second-order valence-electron chi connectivity index (χ2n) is 4.70. The molecule has 0 bridgehead atoms. The molecule has 1 aromatic heterocycles. The van der Waals surface area contributed by atoms with E-state index < -0.39 is 15.6 Å². The van der Waals surface area contributed by atoms with Crippen molar-refractivity contribution in [2.75, 3.05) is 13.1 Å². The summed E-state index contributed by atoms with van der Waals surface area (Å²) in [6.45, 7) is 3.60. The van der Waals surface area contributed by atoms with Gasteiger partial charge in [-0.3, -0.25) is 9.78 Å².